The number of hydrogen-bond acceptors (Lipinski definition) is 3. The molecule has 0 amide bonds. The van der Waals surface area contributed by atoms with Crippen LogP contribution in [-0.4, -0.2) is 16.2 Å². The molecule has 0 unspecified atom stereocenters. The first-order valence-electron chi connectivity index (χ1n) is 5.06. The van der Waals surface area contributed by atoms with Crippen LogP contribution in [0.2, 0.25) is 0 Å². The van der Waals surface area contributed by atoms with Crippen LogP contribution in [0.5, 0.6) is 5.75 Å². The lowest BCUT2D eigenvalue weighted by molar-refractivity contribution is 0.0696. The largest absolute Gasteiger partial charge is 0.507 e. The Kier molecular flexibility index (Phi) is 4.13. The second kappa shape index (κ2) is 5.62. The summed E-state index contributed by atoms with van der Waals surface area (Å²) in [6.07, 6.45) is 0. The predicted molar refractivity (Wildman–Crippen MR) is 78.3 cm³/mol. The Hall–Kier alpha value is -1.21. The van der Waals surface area contributed by atoms with Crippen LogP contribution < -0.4 is 0 Å². The fourth-order valence-corrected chi connectivity index (χ4v) is 2.55. The molecular weight excluding hydrogens is 363 g/mol. The molecule has 0 aliphatic rings. The quantitative estimate of drug-likeness (QED) is 0.804. The lowest BCUT2D eigenvalue weighted by Crippen LogP contribution is -1.95. The minimum Gasteiger partial charge on any atom is -0.507 e. The topological polar surface area (TPSA) is 57.5 Å². The van der Waals surface area contributed by atoms with Gasteiger partial charge in [-0.2, -0.15) is 0 Å². The molecule has 0 aromatic heterocycles. The molecule has 0 aliphatic carbocycles. The molecule has 0 atom stereocenters. The first-order valence-corrected chi connectivity index (χ1v) is 6.95. The van der Waals surface area contributed by atoms with E-state index in [9.17, 15) is 9.90 Å². The zero-order valence-corrected chi connectivity index (χ0v) is 12.1. The third kappa shape index (κ3) is 3.17. The van der Waals surface area contributed by atoms with Crippen molar-refractivity contribution < 1.29 is 15.0 Å². The van der Waals surface area contributed by atoms with Crippen molar-refractivity contribution in [3.63, 3.8) is 0 Å². The lowest BCUT2D eigenvalue weighted by Gasteiger charge is -2.05. The molecule has 2 N–H and O–H groups in total. The van der Waals surface area contributed by atoms with E-state index in [1.165, 1.54) is 23.9 Å². The van der Waals surface area contributed by atoms with E-state index in [1.807, 2.05) is 24.3 Å². The van der Waals surface area contributed by atoms with Crippen molar-refractivity contribution in [2.75, 3.05) is 0 Å². The van der Waals surface area contributed by atoms with Gasteiger partial charge in [-0.15, -0.1) is 0 Å². The molecule has 5 heteroatoms. The van der Waals surface area contributed by atoms with Crippen LogP contribution in [0.15, 0.2) is 52.3 Å². The third-order valence-corrected chi connectivity index (χ3v) is 4.04. The van der Waals surface area contributed by atoms with Crippen LogP contribution >= 0.6 is 34.4 Å². The van der Waals surface area contributed by atoms with Gasteiger partial charge in [-0.1, -0.05) is 11.8 Å². The maximum absolute atomic E-state index is 10.7. The van der Waals surface area contributed by atoms with E-state index >= 15 is 0 Å². The number of carboxylic acids is 1. The summed E-state index contributed by atoms with van der Waals surface area (Å²) in [5.74, 6) is -1.06. The van der Waals surface area contributed by atoms with Gasteiger partial charge in [-0.3, -0.25) is 0 Å². The summed E-state index contributed by atoms with van der Waals surface area (Å²) < 4.78 is 1.14. The van der Waals surface area contributed by atoms with Crippen molar-refractivity contribution in [3.8, 4) is 5.75 Å². The highest BCUT2D eigenvalue weighted by Gasteiger charge is 2.08. The molecular formula is C13H9IO3S. The van der Waals surface area contributed by atoms with Gasteiger partial charge in [0.05, 0.1) is 10.5 Å². The molecule has 92 valence electrons. The Bertz CT molecular complexity index is 581. The minimum atomic E-state index is -1.05. The number of rotatable bonds is 3. The molecule has 2 rings (SSSR count). The van der Waals surface area contributed by atoms with Gasteiger partial charge in [0.15, 0.2) is 0 Å². The number of phenols is 1. The summed E-state index contributed by atoms with van der Waals surface area (Å²) in [6, 6.07) is 12.2. The van der Waals surface area contributed by atoms with E-state index in [0.29, 0.717) is 4.90 Å². The van der Waals surface area contributed by atoms with Crippen LogP contribution in [0.3, 0.4) is 0 Å². The van der Waals surface area contributed by atoms with Gasteiger partial charge in [0.2, 0.25) is 0 Å². The van der Waals surface area contributed by atoms with Gasteiger partial charge in [0.1, 0.15) is 5.75 Å². The van der Waals surface area contributed by atoms with Crippen molar-refractivity contribution in [2.24, 2.45) is 0 Å². The summed E-state index contributed by atoms with van der Waals surface area (Å²) in [7, 11) is 0. The Morgan fingerprint density at radius 1 is 1.11 bits per heavy atom. The summed E-state index contributed by atoms with van der Waals surface area (Å²) in [5, 5.41) is 18.6. The monoisotopic (exact) mass is 372 g/mol. The van der Waals surface area contributed by atoms with Gasteiger partial charge >= 0.3 is 5.97 Å². The third-order valence-electron chi connectivity index (χ3n) is 2.25. The smallest absolute Gasteiger partial charge is 0.335 e. The van der Waals surface area contributed by atoms with E-state index in [4.69, 9.17) is 5.11 Å². The SMILES string of the molecule is O=C(O)c1ccc(Sc2ccc(I)cc2)c(O)c1. The molecule has 0 radical (unpaired) electrons. The van der Waals surface area contributed by atoms with E-state index in [1.54, 1.807) is 6.07 Å². The summed E-state index contributed by atoms with van der Waals surface area (Å²) in [4.78, 5) is 12.4. The second-order valence-electron chi connectivity index (χ2n) is 3.54. The normalized spacial score (nSPS) is 10.3. The molecule has 2 aromatic carbocycles. The maximum Gasteiger partial charge on any atom is 0.335 e. The van der Waals surface area contributed by atoms with Gasteiger partial charge in [-0.05, 0) is 65.1 Å². The van der Waals surface area contributed by atoms with E-state index in [2.05, 4.69) is 22.6 Å². The number of halogens is 1. The lowest BCUT2D eigenvalue weighted by atomic mass is 10.2. The molecule has 0 heterocycles. The first-order chi connectivity index (χ1) is 8.56. The minimum absolute atomic E-state index is 0.0153. The molecule has 0 bridgehead atoms. The standard InChI is InChI=1S/C13H9IO3S/c14-9-2-4-10(5-3-9)18-12-6-1-8(13(16)17)7-11(12)15/h1-7,15H,(H,16,17). The molecule has 3 nitrogen and oxygen atoms in total. The fraction of sp³-hybridized carbons (Fsp3) is 0. The summed E-state index contributed by atoms with van der Waals surface area (Å²) >= 11 is 3.62. The van der Waals surface area contributed by atoms with Crippen molar-refractivity contribution in [1.82, 2.24) is 0 Å². The Morgan fingerprint density at radius 2 is 1.78 bits per heavy atom. The molecule has 2 aromatic rings. The van der Waals surface area contributed by atoms with Crippen molar-refractivity contribution in [2.45, 2.75) is 9.79 Å². The highest BCUT2D eigenvalue weighted by atomic mass is 127. The Morgan fingerprint density at radius 3 is 2.33 bits per heavy atom. The average molecular weight is 372 g/mol. The number of carbonyl (C=O) groups is 1. The molecule has 18 heavy (non-hydrogen) atoms. The Balaban J connectivity index is 2.24. The van der Waals surface area contributed by atoms with Crippen molar-refractivity contribution >= 4 is 40.3 Å². The zero-order chi connectivity index (χ0) is 13.1. The highest BCUT2D eigenvalue weighted by Crippen LogP contribution is 2.34. The number of benzene rings is 2. The highest BCUT2D eigenvalue weighted by molar-refractivity contribution is 14.1. The van der Waals surface area contributed by atoms with Gasteiger partial charge in [0, 0.05) is 8.47 Å². The number of hydrogen-bond donors (Lipinski definition) is 2. The number of carboxylic acid groups (broad SMARTS) is 1. The predicted octanol–water partition coefficient (Wildman–Crippen LogP) is 3.85. The molecule has 0 fully saturated rings. The fourth-order valence-electron chi connectivity index (χ4n) is 1.37. The van der Waals surface area contributed by atoms with Crippen LogP contribution in [0.25, 0.3) is 0 Å². The molecule has 0 spiro atoms. The van der Waals surface area contributed by atoms with Crippen molar-refractivity contribution in [1.29, 1.82) is 0 Å². The number of aromatic carboxylic acids is 1. The van der Waals surface area contributed by atoms with Crippen molar-refractivity contribution in [3.05, 3.63) is 51.6 Å². The first kappa shape index (κ1) is 13.2. The van der Waals surface area contributed by atoms with Crippen LogP contribution in [0.1, 0.15) is 10.4 Å². The van der Waals surface area contributed by atoms with E-state index in [-0.39, 0.29) is 11.3 Å². The average Bonchev–Trinajstić information content (AvgIpc) is 2.34. The van der Waals surface area contributed by atoms with Gasteiger partial charge in [0.25, 0.3) is 0 Å². The zero-order valence-electron chi connectivity index (χ0n) is 9.13. The molecule has 0 aliphatic heterocycles. The number of aromatic hydroxyl groups is 1. The summed E-state index contributed by atoms with van der Waals surface area (Å²) in [6.45, 7) is 0. The van der Waals surface area contributed by atoms with Crippen LogP contribution in [0.4, 0.5) is 0 Å². The Labute approximate surface area is 122 Å². The van der Waals surface area contributed by atoms with Crippen LogP contribution in [-0.2, 0) is 0 Å². The van der Waals surface area contributed by atoms with E-state index in [0.717, 1.165) is 8.47 Å². The molecule has 0 saturated heterocycles. The maximum atomic E-state index is 10.7. The van der Waals surface area contributed by atoms with Gasteiger partial charge in [-0.25, -0.2) is 4.79 Å². The molecule has 0 saturated carbocycles. The van der Waals surface area contributed by atoms with Crippen LogP contribution in [0, 0.1) is 3.57 Å². The van der Waals surface area contributed by atoms with Gasteiger partial charge < -0.3 is 10.2 Å². The second-order valence-corrected chi connectivity index (χ2v) is 5.90. The van der Waals surface area contributed by atoms with E-state index < -0.39 is 5.97 Å². The number of phenolic OH excluding ortho intramolecular Hbond substituents is 1. The summed E-state index contributed by atoms with van der Waals surface area (Å²) in [5.41, 5.74) is 0.0828.